The molecule has 108 valence electrons. The number of nitrogens with one attached hydrogen (secondary N) is 1. The number of hydrogen-bond donors (Lipinski definition) is 2. The van der Waals surface area contributed by atoms with Crippen molar-refractivity contribution >= 4 is 17.3 Å². The van der Waals surface area contributed by atoms with Crippen molar-refractivity contribution in [2.24, 2.45) is 5.73 Å². The third-order valence-corrected chi connectivity index (χ3v) is 2.51. The number of carbonyl (C=O) groups excluding carboxylic acids is 1. The molecule has 20 heavy (non-hydrogen) atoms. The van der Waals surface area contributed by atoms with Crippen LogP contribution in [0, 0.1) is 10.1 Å². The van der Waals surface area contributed by atoms with Crippen LogP contribution in [0.15, 0.2) is 30.9 Å². The van der Waals surface area contributed by atoms with E-state index in [1.807, 2.05) is 0 Å². The summed E-state index contributed by atoms with van der Waals surface area (Å²) in [7, 11) is 0. The van der Waals surface area contributed by atoms with Gasteiger partial charge in [-0.15, -0.1) is 6.58 Å². The van der Waals surface area contributed by atoms with Crippen LogP contribution >= 0.6 is 0 Å². The van der Waals surface area contributed by atoms with Crippen LogP contribution in [0.3, 0.4) is 0 Å². The monoisotopic (exact) mass is 279 g/mol. The molecule has 0 aliphatic rings. The molecule has 0 saturated carbocycles. The highest BCUT2D eigenvalue weighted by Crippen LogP contribution is 2.25. The first kappa shape index (κ1) is 15.6. The molecule has 0 bridgehead atoms. The van der Waals surface area contributed by atoms with Crippen molar-refractivity contribution in [3.05, 3.63) is 46.5 Å². The predicted octanol–water partition coefficient (Wildman–Crippen LogP) is 1.70. The van der Waals surface area contributed by atoms with E-state index in [1.54, 1.807) is 6.08 Å². The number of carbonyl (C=O) groups is 1. The van der Waals surface area contributed by atoms with E-state index in [0.29, 0.717) is 19.8 Å². The van der Waals surface area contributed by atoms with E-state index in [9.17, 15) is 14.9 Å². The third-order valence-electron chi connectivity index (χ3n) is 2.51. The molecule has 0 saturated heterocycles. The lowest BCUT2D eigenvalue weighted by Gasteiger charge is -2.08. The standard InChI is InChI=1S/C13H17N3O4/c1-2-3-7-20-8-6-15-11-9-10(13(14)17)4-5-12(11)16(18)19/h2,4-5,9,15H,1,3,6-8H2,(H2,14,17). The van der Waals surface area contributed by atoms with Crippen LogP contribution < -0.4 is 11.1 Å². The van der Waals surface area contributed by atoms with E-state index in [2.05, 4.69) is 11.9 Å². The molecule has 0 aliphatic heterocycles. The Balaban J connectivity index is 2.65. The fraction of sp³-hybridized carbons (Fsp3) is 0.308. The van der Waals surface area contributed by atoms with Gasteiger partial charge in [0.1, 0.15) is 5.69 Å². The van der Waals surface area contributed by atoms with Gasteiger partial charge in [0.15, 0.2) is 0 Å². The van der Waals surface area contributed by atoms with Crippen molar-refractivity contribution in [2.45, 2.75) is 6.42 Å². The number of anilines is 1. The van der Waals surface area contributed by atoms with Crippen molar-refractivity contribution in [1.29, 1.82) is 0 Å². The van der Waals surface area contributed by atoms with Crippen LogP contribution in [0.25, 0.3) is 0 Å². The first-order valence-electron chi connectivity index (χ1n) is 6.07. The highest BCUT2D eigenvalue weighted by molar-refractivity contribution is 5.94. The number of amides is 1. The molecule has 1 rings (SSSR count). The molecule has 0 atom stereocenters. The predicted molar refractivity (Wildman–Crippen MR) is 75.7 cm³/mol. The van der Waals surface area contributed by atoms with Gasteiger partial charge in [-0.3, -0.25) is 14.9 Å². The summed E-state index contributed by atoms with van der Waals surface area (Å²) in [6.45, 7) is 4.90. The van der Waals surface area contributed by atoms with Gasteiger partial charge in [0.05, 0.1) is 18.1 Å². The summed E-state index contributed by atoms with van der Waals surface area (Å²) in [6, 6.07) is 3.94. The Hall–Kier alpha value is -2.41. The zero-order valence-corrected chi connectivity index (χ0v) is 11.0. The molecule has 1 aromatic rings. The van der Waals surface area contributed by atoms with Gasteiger partial charge in [-0.25, -0.2) is 0 Å². The van der Waals surface area contributed by atoms with E-state index >= 15 is 0 Å². The van der Waals surface area contributed by atoms with Gasteiger partial charge < -0.3 is 15.8 Å². The SMILES string of the molecule is C=CCCOCCNc1cc(C(N)=O)ccc1[N+](=O)[O-]. The summed E-state index contributed by atoms with van der Waals surface area (Å²) in [6.07, 6.45) is 2.49. The lowest BCUT2D eigenvalue weighted by molar-refractivity contribution is -0.384. The van der Waals surface area contributed by atoms with Gasteiger partial charge in [-0.05, 0) is 18.6 Å². The molecule has 7 heteroatoms. The molecule has 0 aliphatic carbocycles. The summed E-state index contributed by atoms with van der Waals surface area (Å²) < 4.78 is 5.28. The Morgan fingerprint density at radius 2 is 2.25 bits per heavy atom. The van der Waals surface area contributed by atoms with Gasteiger partial charge in [0.25, 0.3) is 5.69 Å². The minimum Gasteiger partial charge on any atom is -0.379 e. The van der Waals surface area contributed by atoms with Crippen molar-refractivity contribution < 1.29 is 14.5 Å². The van der Waals surface area contributed by atoms with Crippen LogP contribution in [-0.4, -0.2) is 30.6 Å². The first-order valence-corrected chi connectivity index (χ1v) is 6.07. The highest BCUT2D eigenvalue weighted by atomic mass is 16.6. The number of nitro groups is 1. The van der Waals surface area contributed by atoms with E-state index in [-0.39, 0.29) is 16.9 Å². The molecule has 0 aromatic heterocycles. The van der Waals surface area contributed by atoms with Crippen molar-refractivity contribution in [3.63, 3.8) is 0 Å². The zero-order chi connectivity index (χ0) is 15.0. The second-order valence-corrected chi connectivity index (χ2v) is 3.97. The Kier molecular flexibility index (Phi) is 6.18. The van der Waals surface area contributed by atoms with Gasteiger partial charge in [0.2, 0.25) is 5.91 Å². The average molecular weight is 279 g/mol. The number of ether oxygens (including phenoxy) is 1. The smallest absolute Gasteiger partial charge is 0.292 e. The first-order chi connectivity index (χ1) is 9.56. The fourth-order valence-corrected chi connectivity index (χ4v) is 1.52. The molecule has 0 spiro atoms. The lowest BCUT2D eigenvalue weighted by atomic mass is 10.1. The Morgan fingerprint density at radius 3 is 2.85 bits per heavy atom. The Labute approximate surface area is 116 Å². The van der Waals surface area contributed by atoms with Crippen molar-refractivity contribution in [3.8, 4) is 0 Å². The minimum absolute atomic E-state index is 0.110. The minimum atomic E-state index is -0.634. The number of nitrogens with two attached hydrogens (primary N) is 1. The Morgan fingerprint density at radius 1 is 1.50 bits per heavy atom. The van der Waals surface area contributed by atoms with Crippen LogP contribution in [0.1, 0.15) is 16.8 Å². The molecule has 7 nitrogen and oxygen atoms in total. The molecule has 3 N–H and O–H groups in total. The summed E-state index contributed by atoms with van der Waals surface area (Å²) in [5, 5.41) is 13.8. The van der Waals surface area contributed by atoms with Gasteiger partial charge in [-0.2, -0.15) is 0 Å². The molecular formula is C13H17N3O4. The number of hydrogen-bond acceptors (Lipinski definition) is 5. The van der Waals surface area contributed by atoms with E-state index in [1.165, 1.54) is 18.2 Å². The lowest BCUT2D eigenvalue weighted by Crippen LogP contribution is -2.14. The molecule has 0 fully saturated rings. The number of primary amides is 1. The number of rotatable bonds is 9. The highest BCUT2D eigenvalue weighted by Gasteiger charge is 2.15. The van der Waals surface area contributed by atoms with Crippen LogP contribution in [0.5, 0.6) is 0 Å². The summed E-state index contributed by atoms with van der Waals surface area (Å²) in [5.41, 5.74) is 5.50. The van der Waals surface area contributed by atoms with Gasteiger partial charge in [0, 0.05) is 18.2 Å². The molecule has 0 radical (unpaired) electrons. The third kappa shape index (κ3) is 4.69. The zero-order valence-electron chi connectivity index (χ0n) is 11.0. The maximum atomic E-state index is 11.1. The topological polar surface area (TPSA) is 107 Å². The van der Waals surface area contributed by atoms with Gasteiger partial charge >= 0.3 is 0 Å². The molecule has 1 aromatic carbocycles. The Bertz CT molecular complexity index is 502. The molecular weight excluding hydrogens is 262 g/mol. The van der Waals surface area contributed by atoms with Crippen molar-refractivity contribution in [2.75, 3.05) is 25.1 Å². The summed E-state index contributed by atoms with van der Waals surface area (Å²) in [4.78, 5) is 21.4. The normalized spacial score (nSPS) is 10.0. The summed E-state index contributed by atoms with van der Waals surface area (Å²) in [5.74, 6) is -0.634. The van der Waals surface area contributed by atoms with Crippen LogP contribution in [0.4, 0.5) is 11.4 Å². The largest absolute Gasteiger partial charge is 0.379 e. The maximum absolute atomic E-state index is 11.1. The molecule has 1 amide bonds. The van der Waals surface area contributed by atoms with Crippen molar-refractivity contribution in [1.82, 2.24) is 0 Å². The van der Waals surface area contributed by atoms with E-state index in [0.717, 1.165) is 6.42 Å². The number of nitro benzene ring substituents is 1. The summed E-state index contributed by atoms with van der Waals surface area (Å²) >= 11 is 0. The average Bonchev–Trinajstić information content (AvgIpc) is 2.42. The van der Waals surface area contributed by atoms with Gasteiger partial charge in [-0.1, -0.05) is 6.08 Å². The van der Waals surface area contributed by atoms with Crippen LogP contribution in [-0.2, 0) is 4.74 Å². The number of nitrogens with zero attached hydrogens (tertiary/aromatic N) is 1. The van der Waals surface area contributed by atoms with E-state index < -0.39 is 10.8 Å². The molecule has 0 unspecified atom stereocenters. The quantitative estimate of drug-likeness (QED) is 0.309. The second-order valence-electron chi connectivity index (χ2n) is 3.97. The number of benzene rings is 1. The van der Waals surface area contributed by atoms with Crippen LogP contribution in [0.2, 0.25) is 0 Å². The maximum Gasteiger partial charge on any atom is 0.292 e. The van der Waals surface area contributed by atoms with E-state index in [4.69, 9.17) is 10.5 Å². The fourth-order valence-electron chi connectivity index (χ4n) is 1.52. The second kappa shape index (κ2) is 7.90. The molecule has 0 heterocycles.